The van der Waals surface area contributed by atoms with Gasteiger partial charge in [0, 0.05) is 6.08 Å². The van der Waals surface area contributed by atoms with Gasteiger partial charge in [0.25, 0.3) is 5.91 Å². The minimum Gasteiger partial charge on any atom is -0.434 e. The molecule has 1 amide bonds. The molecule has 0 aromatic heterocycles. The lowest BCUT2D eigenvalue weighted by molar-refractivity contribution is -0.201. The van der Waals surface area contributed by atoms with E-state index in [-0.39, 0.29) is 12.5 Å². The first kappa shape index (κ1) is 13.9. The van der Waals surface area contributed by atoms with Crippen molar-refractivity contribution in [3.63, 3.8) is 0 Å². The second-order valence-electron chi connectivity index (χ2n) is 4.70. The van der Waals surface area contributed by atoms with E-state index in [0.29, 0.717) is 5.76 Å². The third-order valence-corrected chi connectivity index (χ3v) is 3.62. The molecule has 1 fully saturated rings. The standard InChI is InChI=1S/C13H19NO5/c1-3-18-12(16)19-10-9-11(15)14(17-2)13(10)7-5-4-6-8-13/h9H,3-8H2,1-2H3. The first-order valence-corrected chi connectivity index (χ1v) is 6.59. The Hall–Kier alpha value is -1.56. The number of amides is 1. The Morgan fingerprint density at radius 2 is 2.05 bits per heavy atom. The van der Waals surface area contributed by atoms with Gasteiger partial charge in [-0.25, -0.2) is 9.86 Å². The average molecular weight is 269 g/mol. The molecule has 6 heteroatoms. The molecular weight excluding hydrogens is 250 g/mol. The van der Waals surface area contributed by atoms with E-state index in [9.17, 15) is 9.59 Å². The van der Waals surface area contributed by atoms with Gasteiger partial charge in [-0.05, 0) is 19.8 Å². The van der Waals surface area contributed by atoms with Crippen molar-refractivity contribution in [3.8, 4) is 0 Å². The molecule has 0 bridgehead atoms. The Morgan fingerprint density at radius 1 is 1.37 bits per heavy atom. The molecule has 106 valence electrons. The summed E-state index contributed by atoms with van der Waals surface area (Å²) in [6.07, 6.45) is 5.07. The number of rotatable bonds is 3. The van der Waals surface area contributed by atoms with Crippen molar-refractivity contribution in [2.75, 3.05) is 13.7 Å². The average Bonchev–Trinajstić information content (AvgIpc) is 2.63. The lowest BCUT2D eigenvalue weighted by Gasteiger charge is -2.40. The Kier molecular flexibility index (Phi) is 4.09. The van der Waals surface area contributed by atoms with Gasteiger partial charge in [0.1, 0.15) is 11.3 Å². The van der Waals surface area contributed by atoms with Crippen LogP contribution in [0.5, 0.6) is 0 Å². The molecule has 1 spiro atoms. The zero-order valence-corrected chi connectivity index (χ0v) is 11.3. The number of hydrogen-bond donors (Lipinski definition) is 0. The molecule has 0 aromatic rings. The third-order valence-electron chi connectivity index (χ3n) is 3.62. The summed E-state index contributed by atoms with van der Waals surface area (Å²) < 4.78 is 9.97. The second kappa shape index (κ2) is 5.61. The van der Waals surface area contributed by atoms with E-state index in [0.717, 1.165) is 32.1 Å². The number of nitrogens with zero attached hydrogens (tertiary/aromatic N) is 1. The van der Waals surface area contributed by atoms with Crippen LogP contribution in [0.1, 0.15) is 39.0 Å². The molecular formula is C13H19NO5. The molecule has 0 unspecified atom stereocenters. The fourth-order valence-corrected chi connectivity index (χ4v) is 2.83. The first-order valence-electron chi connectivity index (χ1n) is 6.59. The molecule has 2 aliphatic rings. The summed E-state index contributed by atoms with van der Waals surface area (Å²) in [6, 6.07) is 0. The quantitative estimate of drug-likeness (QED) is 0.734. The van der Waals surface area contributed by atoms with E-state index >= 15 is 0 Å². The number of hydroxylamine groups is 2. The lowest BCUT2D eigenvalue weighted by Crippen LogP contribution is -2.49. The van der Waals surface area contributed by atoms with Crippen molar-refractivity contribution in [3.05, 3.63) is 11.8 Å². The fraction of sp³-hybridized carbons (Fsp3) is 0.692. The molecule has 19 heavy (non-hydrogen) atoms. The highest BCUT2D eigenvalue weighted by Crippen LogP contribution is 2.43. The molecule has 6 nitrogen and oxygen atoms in total. The SMILES string of the molecule is CCOC(=O)OC1=CC(=O)N(OC)C12CCCCC2. The van der Waals surface area contributed by atoms with Crippen molar-refractivity contribution in [1.82, 2.24) is 5.06 Å². The van der Waals surface area contributed by atoms with Gasteiger partial charge in [-0.1, -0.05) is 19.3 Å². The molecule has 0 N–H and O–H groups in total. The molecule has 0 saturated heterocycles. The van der Waals surface area contributed by atoms with E-state index < -0.39 is 11.7 Å². The van der Waals surface area contributed by atoms with E-state index in [1.807, 2.05) is 0 Å². The molecule has 1 aliphatic heterocycles. The van der Waals surface area contributed by atoms with Crippen molar-refractivity contribution in [2.45, 2.75) is 44.6 Å². The minimum atomic E-state index is -0.774. The first-order chi connectivity index (χ1) is 9.14. The number of carbonyl (C=O) groups is 2. The zero-order valence-electron chi connectivity index (χ0n) is 11.3. The topological polar surface area (TPSA) is 65.1 Å². The fourth-order valence-electron chi connectivity index (χ4n) is 2.83. The molecule has 2 rings (SSSR count). The Morgan fingerprint density at radius 3 is 2.63 bits per heavy atom. The Labute approximate surface area is 112 Å². The monoisotopic (exact) mass is 269 g/mol. The molecule has 0 radical (unpaired) electrons. The van der Waals surface area contributed by atoms with Gasteiger partial charge >= 0.3 is 6.16 Å². The van der Waals surface area contributed by atoms with Gasteiger partial charge in [0.2, 0.25) is 0 Å². The maximum Gasteiger partial charge on any atom is 0.513 e. The van der Waals surface area contributed by atoms with Crippen LogP contribution in [0.15, 0.2) is 11.8 Å². The van der Waals surface area contributed by atoms with Gasteiger partial charge in [0.05, 0.1) is 13.7 Å². The number of ether oxygens (including phenoxy) is 2. The maximum atomic E-state index is 11.9. The largest absolute Gasteiger partial charge is 0.513 e. The Bertz CT molecular complexity index is 398. The lowest BCUT2D eigenvalue weighted by atomic mass is 9.81. The third kappa shape index (κ3) is 2.45. The van der Waals surface area contributed by atoms with Crippen molar-refractivity contribution in [1.29, 1.82) is 0 Å². The summed E-state index contributed by atoms with van der Waals surface area (Å²) in [5, 5.41) is 1.32. The van der Waals surface area contributed by atoms with E-state index in [1.54, 1.807) is 6.92 Å². The molecule has 0 aromatic carbocycles. The zero-order chi connectivity index (χ0) is 13.9. The summed E-state index contributed by atoms with van der Waals surface area (Å²) >= 11 is 0. The summed E-state index contributed by atoms with van der Waals surface area (Å²) in [4.78, 5) is 28.6. The van der Waals surface area contributed by atoms with Crippen molar-refractivity contribution in [2.24, 2.45) is 0 Å². The molecule has 1 aliphatic carbocycles. The van der Waals surface area contributed by atoms with Gasteiger partial charge in [0.15, 0.2) is 0 Å². The van der Waals surface area contributed by atoms with Crippen LogP contribution in [0.4, 0.5) is 4.79 Å². The number of carbonyl (C=O) groups excluding carboxylic acids is 2. The van der Waals surface area contributed by atoms with Crippen molar-refractivity contribution >= 4 is 12.1 Å². The van der Waals surface area contributed by atoms with Gasteiger partial charge < -0.3 is 9.47 Å². The van der Waals surface area contributed by atoms with Gasteiger partial charge in [-0.15, -0.1) is 0 Å². The predicted octanol–water partition coefficient (Wildman–Crippen LogP) is 2.15. The summed E-state index contributed by atoms with van der Waals surface area (Å²) in [5.41, 5.74) is -0.642. The highest BCUT2D eigenvalue weighted by molar-refractivity contribution is 5.92. The van der Waals surface area contributed by atoms with Crippen LogP contribution >= 0.6 is 0 Å². The van der Waals surface area contributed by atoms with Crippen LogP contribution in [0, 0.1) is 0 Å². The van der Waals surface area contributed by atoms with Crippen LogP contribution < -0.4 is 0 Å². The number of hydrogen-bond acceptors (Lipinski definition) is 5. The van der Waals surface area contributed by atoms with E-state index in [2.05, 4.69) is 0 Å². The Balaban J connectivity index is 2.21. The predicted molar refractivity (Wildman–Crippen MR) is 65.9 cm³/mol. The summed E-state index contributed by atoms with van der Waals surface area (Å²) in [7, 11) is 1.45. The highest BCUT2D eigenvalue weighted by atomic mass is 16.7. The molecule has 1 saturated carbocycles. The van der Waals surface area contributed by atoms with E-state index in [1.165, 1.54) is 18.2 Å². The van der Waals surface area contributed by atoms with E-state index in [4.69, 9.17) is 14.3 Å². The smallest absolute Gasteiger partial charge is 0.434 e. The minimum absolute atomic E-state index is 0.237. The molecule has 0 atom stereocenters. The van der Waals surface area contributed by atoms with Crippen molar-refractivity contribution < 1.29 is 23.9 Å². The second-order valence-corrected chi connectivity index (χ2v) is 4.70. The summed E-state index contributed by atoms with van der Waals surface area (Å²) in [5.74, 6) is 0.0567. The maximum absolute atomic E-state index is 11.9. The normalized spacial score (nSPS) is 21.5. The van der Waals surface area contributed by atoms with Crippen LogP contribution in [0.25, 0.3) is 0 Å². The van der Waals surface area contributed by atoms with Gasteiger partial charge in [-0.3, -0.25) is 9.63 Å². The van der Waals surface area contributed by atoms with Crippen LogP contribution in [-0.4, -0.2) is 36.4 Å². The highest BCUT2D eigenvalue weighted by Gasteiger charge is 2.51. The van der Waals surface area contributed by atoms with Crippen LogP contribution in [0.2, 0.25) is 0 Å². The molecule has 1 heterocycles. The summed E-state index contributed by atoms with van der Waals surface area (Å²) in [6.45, 7) is 1.94. The van der Waals surface area contributed by atoms with Gasteiger partial charge in [-0.2, -0.15) is 0 Å². The van der Waals surface area contributed by atoms with Crippen LogP contribution in [0.3, 0.4) is 0 Å². The van der Waals surface area contributed by atoms with Crippen LogP contribution in [-0.2, 0) is 19.1 Å².